The van der Waals surface area contributed by atoms with E-state index in [0.29, 0.717) is 22.1 Å². The minimum Gasteiger partial charge on any atom is -0.374 e. The molecule has 9 nitrogen and oxygen atoms in total. The first kappa shape index (κ1) is 20.8. The lowest BCUT2D eigenvalue weighted by molar-refractivity contribution is 0.0140. The molecule has 4 rings (SSSR count). The highest BCUT2D eigenvalue weighted by Gasteiger charge is 2.18. The maximum absolute atomic E-state index is 12.8. The average Bonchev–Trinajstić information content (AvgIpc) is 3.52. The van der Waals surface area contributed by atoms with Crippen LogP contribution in [-0.2, 0) is 11.3 Å². The van der Waals surface area contributed by atoms with Gasteiger partial charge in [-0.3, -0.25) is 19.6 Å². The first-order valence-corrected chi connectivity index (χ1v) is 10.1. The Morgan fingerprint density at radius 3 is 3.00 bits per heavy atom. The number of alkyl halides is 2. The molecule has 0 aliphatic heterocycles. The Kier molecular flexibility index (Phi) is 6.38. The quantitative estimate of drug-likeness (QED) is 0.383. The van der Waals surface area contributed by atoms with Crippen LogP contribution in [0, 0.1) is 0 Å². The summed E-state index contributed by atoms with van der Waals surface area (Å²) in [6.07, 6.45) is 4.02. The summed E-state index contributed by atoms with van der Waals surface area (Å²) in [6.45, 7) is -0.342. The van der Waals surface area contributed by atoms with E-state index in [1.807, 2.05) is 0 Å². The van der Waals surface area contributed by atoms with E-state index in [9.17, 15) is 13.6 Å². The molecule has 31 heavy (non-hydrogen) atoms. The lowest BCUT2D eigenvalue weighted by atomic mass is 10.2. The van der Waals surface area contributed by atoms with Gasteiger partial charge in [0.2, 0.25) is 0 Å². The van der Waals surface area contributed by atoms with Gasteiger partial charge >= 0.3 is 0 Å². The van der Waals surface area contributed by atoms with Crippen LogP contribution in [0.1, 0.15) is 10.5 Å². The number of hydrogen-bond donors (Lipinski definition) is 2. The molecule has 0 radical (unpaired) electrons. The molecule has 0 aliphatic rings. The van der Waals surface area contributed by atoms with Crippen molar-refractivity contribution >= 4 is 22.9 Å². The maximum atomic E-state index is 12.8. The number of anilines is 1. The Hall–Kier alpha value is -3.51. The van der Waals surface area contributed by atoms with E-state index in [2.05, 4.69) is 30.6 Å². The van der Waals surface area contributed by atoms with Gasteiger partial charge in [-0.25, -0.2) is 13.8 Å². The summed E-state index contributed by atoms with van der Waals surface area (Å²) < 4.78 is 30.9. The van der Waals surface area contributed by atoms with Gasteiger partial charge < -0.3 is 10.1 Å². The Balaban J connectivity index is 1.52. The van der Waals surface area contributed by atoms with Crippen LogP contribution < -0.4 is 5.32 Å². The molecule has 0 atom stereocenters. The molecule has 1 amide bonds. The van der Waals surface area contributed by atoms with Gasteiger partial charge in [-0.1, -0.05) is 6.07 Å². The fourth-order valence-corrected chi connectivity index (χ4v) is 3.50. The fraction of sp³-hybridized carbons (Fsp3) is 0.211. The molecular weight excluding hydrogens is 428 g/mol. The van der Waals surface area contributed by atoms with Crippen LogP contribution in [0.4, 0.5) is 14.5 Å². The number of rotatable bonds is 9. The second-order valence-electron chi connectivity index (χ2n) is 6.31. The molecule has 4 aromatic heterocycles. The average molecular weight is 445 g/mol. The van der Waals surface area contributed by atoms with Crippen molar-refractivity contribution in [2.75, 3.05) is 18.5 Å². The third kappa shape index (κ3) is 5.16. The number of thiazole rings is 1. The van der Waals surface area contributed by atoms with E-state index in [0.717, 1.165) is 5.56 Å². The molecule has 0 bridgehead atoms. The minimum atomic E-state index is -2.53. The van der Waals surface area contributed by atoms with Gasteiger partial charge in [0, 0.05) is 29.5 Å². The largest absolute Gasteiger partial charge is 0.374 e. The molecule has 4 aromatic rings. The number of nitrogens with one attached hydrogen (secondary N) is 2. The van der Waals surface area contributed by atoms with E-state index < -0.39 is 18.9 Å². The van der Waals surface area contributed by atoms with Crippen molar-refractivity contribution in [2.45, 2.75) is 13.0 Å². The van der Waals surface area contributed by atoms with Crippen molar-refractivity contribution in [3.05, 3.63) is 54.1 Å². The summed E-state index contributed by atoms with van der Waals surface area (Å²) in [4.78, 5) is 21.4. The molecule has 12 heteroatoms. The number of H-pyrrole nitrogens is 1. The highest BCUT2D eigenvalue weighted by Crippen LogP contribution is 2.27. The Labute approximate surface area is 179 Å². The zero-order valence-electron chi connectivity index (χ0n) is 16.0. The number of amides is 1. The monoisotopic (exact) mass is 445 g/mol. The highest BCUT2D eigenvalue weighted by atomic mass is 32.1. The topological polar surface area (TPSA) is 111 Å². The summed E-state index contributed by atoms with van der Waals surface area (Å²) in [7, 11) is 0. The third-order valence-electron chi connectivity index (χ3n) is 4.11. The molecule has 0 spiro atoms. The lowest BCUT2D eigenvalue weighted by Crippen LogP contribution is -2.13. The standard InChI is InChI=1S/C19H17F2N7O2S/c20-16(21)10-30-6-5-28-9-14(17(27-28)13-3-1-2-4-22-13)25-18(29)15-11-31-19(26-15)12-7-23-24-8-12/h1-4,7-9,11,16H,5-6,10H2,(H,23,24)(H,25,29). The molecule has 0 aromatic carbocycles. The zero-order chi connectivity index (χ0) is 21.6. The summed E-state index contributed by atoms with van der Waals surface area (Å²) >= 11 is 1.32. The zero-order valence-corrected chi connectivity index (χ0v) is 16.9. The molecule has 0 unspecified atom stereocenters. The number of carbonyl (C=O) groups is 1. The number of carbonyl (C=O) groups excluding carboxylic acids is 1. The van der Waals surface area contributed by atoms with E-state index in [-0.39, 0.29) is 18.8 Å². The summed E-state index contributed by atoms with van der Waals surface area (Å²) in [6, 6.07) is 5.33. The lowest BCUT2D eigenvalue weighted by Gasteiger charge is -2.03. The predicted molar refractivity (Wildman–Crippen MR) is 110 cm³/mol. The molecule has 0 saturated carbocycles. The SMILES string of the molecule is O=C(Nc1cn(CCOCC(F)F)nc1-c1ccccn1)c1csc(-c2cn[nH]c2)n1. The molecule has 4 heterocycles. The Morgan fingerprint density at radius 2 is 2.26 bits per heavy atom. The van der Waals surface area contributed by atoms with Crippen molar-refractivity contribution < 1.29 is 18.3 Å². The first-order chi connectivity index (χ1) is 15.1. The van der Waals surface area contributed by atoms with Gasteiger partial charge in [-0.05, 0) is 12.1 Å². The van der Waals surface area contributed by atoms with Gasteiger partial charge in [0.05, 0.1) is 30.7 Å². The van der Waals surface area contributed by atoms with Crippen LogP contribution in [0.5, 0.6) is 0 Å². The molecule has 2 N–H and O–H groups in total. The highest BCUT2D eigenvalue weighted by molar-refractivity contribution is 7.13. The first-order valence-electron chi connectivity index (χ1n) is 9.21. The van der Waals surface area contributed by atoms with E-state index in [1.165, 1.54) is 16.0 Å². The van der Waals surface area contributed by atoms with Crippen molar-refractivity contribution in [2.24, 2.45) is 0 Å². The van der Waals surface area contributed by atoms with Crippen molar-refractivity contribution in [1.82, 2.24) is 29.9 Å². The number of ether oxygens (including phenoxy) is 1. The van der Waals surface area contributed by atoms with E-state index in [1.54, 1.807) is 48.4 Å². The van der Waals surface area contributed by atoms with Gasteiger partial charge in [-0.2, -0.15) is 10.2 Å². The number of nitrogens with zero attached hydrogens (tertiary/aromatic N) is 5. The van der Waals surface area contributed by atoms with Crippen LogP contribution in [0.25, 0.3) is 22.0 Å². The van der Waals surface area contributed by atoms with Gasteiger partial charge in [0.1, 0.15) is 23.0 Å². The van der Waals surface area contributed by atoms with Crippen LogP contribution in [0.2, 0.25) is 0 Å². The smallest absolute Gasteiger partial charge is 0.275 e. The van der Waals surface area contributed by atoms with E-state index in [4.69, 9.17) is 4.74 Å². The molecular formula is C19H17F2N7O2S. The predicted octanol–water partition coefficient (Wildman–Crippen LogP) is 3.33. The molecule has 0 saturated heterocycles. The Bertz CT molecular complexity index is 1130. The number of hydrogen-bond acceptors (Lipinski definition) is 7. The second-order valence-corrected chi connectivity index (χ2v) is 7.17. The van der Waals surface area contributed by atoms with Crippen molar-refractivity contribution in [1.29, 1.82) is 0 Å². The number of halogens is 2. The van der Waals surface area contributed by atoms with Gasteiger partial charge in [0.15, 0.2) is 0 Å². The van der Waals surface area contributed by atoms with Crippen LogP contribution in [0.15, 0.2) is 48.4 Å². The minimum absolute atomic E-state index is 0.0568. The van der Waals surface area contributed by atoms with E-state index >= 15 is 0 Å². The summed E-state index contributed by atoms with van der Waals surface area (Å²) in [5, 5.41) is 16.1. The molecule has 0 fully saturated rings. The van der Waals surface area contributed by atoms with Crippen molar-refractivity contribution in [3.8, 4) is 22.0 Å². The molecule has 0 aliphatic carbocycles. The van der Waals surface area contributed by atoms with Gasteiger partial charge in [0.25, 0.3) is 12.3 Å². The summed E-state index contributed by atoms with van der Waals surface area (Å²) in [5.74, 6) is -0.406. The maximum Gasteiger partial charge on any atom is 0.275 e. The summed E-state index contributed by atoms with van der Waals surface area (Å²) in [5.41, 5.74) is 2.47. The number of pyridine rings is 1. The number of aromatic nitrogens is 6. The Morgan fingerprint density at radius 1 is 1.35 bits per heavy atom. The van der Waals surface area contributed by atoms with Crippen LogP contribution in [0.3, 0.4) is 0 Å². The van der Waals surface area contributed by atoms with Gasteiger partial charge in [-0.15, -0.1) is 11.3 Å². The normalized spacial score (nSPS) is 11.2. The van der Waals surface area contributed by atoms with Crippen molar-refractivity contribution in [3.63, 3.8) is 0 Å². The van der Waals surface area contributed by atoms with Crippen LogP contribution >= 0.6 is 11.3 Å². The third-order valence-corrected chi connectivity index (χ3v) is 5.00. The number of aromatic amines is 1. The fourth-order valence-electron chi connectivity index (χ4n) is 2.71. The molecule has 160 valence electrons. The van der Waals surface area contributed by atoms with Crippen LogP contribution in [-0.4, -0.2) is 55.5 Å². The second kappa shape index (κ2) is 9.53.